The Kier molecular flexibility index (Phi) is 7.41. The molecule has 0 aromatic heterocycles. The maximum atomic E-state index is 12.5. The number of benzene rings is 1. The second-order valence-electron chi connectivity index (χ2n) is 6.73. The normalized spacial score (nSPS) is 13.0. The van der Waals surface area contributed by atoms with Crippen LogP contribution in [0.1, 0.15) is 60.4 Å². The van der Waals surface area contributed by atoms with Crippen LogP contribution in [0, 0.1) is 0 Å². The SMILES string of the molecule is CC(=O)OCC(C)=CCCc1cc(OC(C)=O)c2c(c1OC(C)=O)C(=O)C=CC2=O. The predicted molar refractivity (Wildman–Crippen MR) is 106 cm³/mol. The number of rotatable bonds is 7. The molecular weight excluding hydrogens is 392 g/mol. The largest absolute Gasteiger partial charge is 0.461 e. The summed E-state index contributed by atoms with van der Waals surface area (Å²) in [6.07, 6.45) is 4.76. The summed E-state index contributed by atoms with van der Waals surface area (Å²) >= 11 is 0. The highest BCUT2D eigenvalue weighted by Crippen LogP contribution is 2.38. The number of ether oxygens (including phenoxy) is 3. The van der Waals surface area contributed by atoms with Crippen LogP contribution in [-0.2, 0) is 25.5 Å². The van der Waals surface area contributed by atoms with E-state index in [1.54, 1.807) is 6.92 Å². The standard InChI is InChI=1S/C22H22O8/c1-12(11-28-13(2)23)6-5-7-16-10-19(29-14(3)24)20-17(26)8-9-18(27)21(20)22(16)30-15(4)25/h6,8-10H,5,7,11H2,1-4H3. The van der Waals surface area contributed by atoms with E-state index in [9.17, 15) is 24.0 Å². The molecule has 0 bridgehead atoms. The van der Waals surface area contributed by atoms with Gasteiger partial charge in [-0.05, 0) is 49.1 Å². The van der Waals surface area contributed by atoms with Crippen molar-refractivity contribution in [2.45, 2.75) is 40.5 Å². The first-order valence-corrected chi connectivity index (χ1v) is 9.22. The van der Waals surface area contributed by atoms with Crippen molar-refractivity contribution in [2.24, 2.45) is 0 Å². The minimum Gasteiger partial charge on any atom is -0.461 e. The lowest BCUT2D eigenvalue weighted by Crippen LogP contribution is -2.19. The number of carbonyl (C=O) groups excluding carboxylic acids is 5. The van der Waals surface area contributed by atoms with E-state index in [1.165, 1.54) is 26.8 Å². The van der Waals surface area contributed by atoms with E-state index >= 15 is 0 Å². The summed E-state index contributed by atoms with van der Waals surface area (Å²) in [5.74, 6) is -2.85. The molecule has 0 saturated heterocycles. The number of hydrogen-bond donors (Lipinski definition) is 0. The molecule has 0 atom stereocenters. The van der Waals surface area contributed by atoms with Crippen molar-refractivity contribution < 1.29 is 38.2 Å². The Balaban J connectivity index is 2.49. The number of ketones is 2. The van der Waals surface area contributed by atoms with Crippen LogP contribution in [0.25, 0.3) is 0 Å². The molecule has 0 amide bonds. The fourth-order valence-corrected chi connectivity index (χ4v) is 2.92. The summed E-state index contributed by atoms with van der Waals surface area (Å²) in [6.45, 7) is 5.62. The molecule has 0 heterocycles. The Hall–Kier alpha value is -3.55. The average molecular weight is 414 g/mol. The summed E-state index contributed by atoms with van der Waals surface area (Å²) in [5, 5.41) is 0. The van der Waals surface area contributed by atoms with Gasteiger partial charge in [0.15, 0.2) is 11.6 Å². The Morgan fingerprint density at radius 1 is 0.867 bits per heavy atom. The highest BCUT2D eigenvalue weighted by atomic mass is 16.5. The first-order chi connectivity index (χ1) is 14.1. The van der Waals surface area contributed by atoms with Crippen molar-refractivity contribution in [2.75, 3.05) is 6.61 Å². The minimum absolute atomic E-state index is 0.0258. The first-order valence-electron chi connectivity index (χ1n) is 9.22. The number of esters is 3. The molecule has 1 aliphatic carbocycles. The summed E-state index contributed by atoms with van der Waals surface area (Å²) < 4.78 is 15.4. The smallest absolute Gasteiger partial charge is 0.308 e. The van der Waals surface area contributed by atoms with E-state index in [-0.39, 0.29) is 29.2 Å². The van der Waals surface area contributed by atoms with E-state index in [0.29, 0.717) is 18.4 Å². The van der Waals surface area contributed by atoms with E-state index in [4.69, 9.17) is 14.2 Å². The number of carbonyl (C=O) groups is 5. The van der Waals surface area contributed by atoms with Crippen molar-refractivity contribution in [1.29, 1.82) is 0 Å². The Bertz CT molecular complexity index is 981. The highest BCUT2D eigenvalue weighted by Gasteiger charge is 2.31. The maximum Gasteiger partial charge on any atom is 0.308 e. The van der Waals surface area contributed by atoms with Gasteiger partial charge in [0.1, 0.15) is 18.1 Å². The van der Waals surface area contributed by atoms with E-state index in [0.717, 1.165) is 17.7 Å². The van der Waals surface area contributed by atoms with Gasteiger partial charge in [0.2, 0.25) is 0 Å². The molecule has 2 rings (SSSR count). The van der Waals surface area contributed by atoms with Crippen LogP contribution < -0.4 is 9.47 Å². The fraction of sp³-hybridized carbons (Fsp3) is 0.318. The Labute approximate surface area is 173 Å². The zero-order valence-corrected chi connectivity index (χ0v) is 17.2. The number of fused-ring (bicyclic) bond motifs is 1. The molecule has 0 fully saturated rings. The molecule has 8 nitrogen and oxygen atoms in total. The third-order valence-electron chi connectivity index (χ3n) is 4.11. The third kappa shape index (κ3) is 5.73. The summed E-state index contributed by atoms with van der Waals surface area (Å²) in [7, 11) is 0. The number of hydrogen-bond acceptors (Lipinski definition) is 8. The molecular formula is C22H22O8. The van der Waals surface area contributed by atoms with Crippen molar-refractivity contribution in [1.82, 2.24) is 0 Å². The number of aryl methyl sites for hydroxylation is 1. The molecule has 0 saturated carbocycles. The zero-order chi connectivity index (χ0) is 22.4. The summed E-state index contributed by atoms with van der Waals surface area (Å²) in [5.41, 5.74) is 1.02. The summed E-state index contributed by atoms with van der Waals surface area (Å²) in [6, 6.07) is 1.43. The molecule has 8 heteroatoms. The lowest BCUT2D eigenvalue weighted by molar-refractivity contribution is -0.140. The van der Waals surface area contributed by atoms with Crippen LogP contribution in [-0.4, -0.2) is 36.1 Å². The molecule has 30 heavy (non-hydrogen) atoms. The van der Waals surface area contributed by atoms with E-state index < -0.39 is 29.5 Å². The first kappa shape index (κ1) is 22.7. The van der Waals surface area contributed by atoms with Gasteiger partial charge in [-0.15, -0.1) is 0 Å². The van der Waals surface area contributed by atoms with Gasteiger partial charge in [0.05, 0.1) is 11.1 Å². The van der Waals surface area contributed by atoms with Gasteiger partial charge in [-0.3, -0.25) is 24.0 Å². The minimum atomic E-state index is -0.657. The highest BCUT2D eigenvalue weighted by molar-refractivity contribution is 6.24. The second-order valence-corrected chi connectivity index (χ2v) is 6.73. The van der Waals surface area contributed by atoms with Crippen molar-refractivity contribution in [3.8, 4) is 11.5 Å². The van der Waals surface area contributed by atoms with Crippen LogP contribution in [0.15, 0.2) is 29.9 Å². The number of allylic oxidation sites excluding steroid dienone is 3. The zero-order valence-electron chi connectivity index (χ0n) is 17.2. The molecule has 0 unspecified atom stereocenters. The fourth-order valence-electron chi connectivity index (χ4n) is 2.92. The summed E-state index contributed by atoms with van der Waals surface area (Å²) in [4.78, 5) is 59.0. The molecule has 1 aromatic carbocycles. The Morgan fingerprint density at radius 2 is 1.47 bits per heavy atom. The van der Waals surface area contributed by atoms with Crippen molar-refractivity contribution in [3.05, 3.63) is 46.6 Å². The van der Waals surface area contributed by atoms with Crippen molar-refractivity contribution >= 4 is 29.5 Å². The van der Waals surface area contributed by atoms with Gasteiger partial charge in [-0.2, -0.15) is 0 Å². The van der Waals surface area contributed by atoms with Crippen LogP contribution in [0.3, 0.4) is 0 Å². The van der Waals surface area contributed by atoms with Crippen molar-refractivity contribution in [3.63, 3.8) is 0 Å². The van der Waals surface area contributed by atoms with E-state index in [2.05, 4.69) is 0 Å². The molecule has 1 aliphatic rings. The van der Waals surface area contributed by atoms with Gasteiger partial charge < -0.3 is 14.2 Å². The van der Waals surface area contributed by atoms with Gasteiger partial charge in [-0.25, -0.2) is 0 Å². The third-order valence-corrected chi connectivity index (χ3v) is 4.11. The molecule has 0 N–H and O–H groups in total. The molecule has 0 aliphatic heterocycles. The topological polar surface area (TPSA) is 113 Å². The van der Waals surface area contributed by atoms with Gasteiger partial charge >= 0.3 is 17.9 Å². The van der Waals surface area contributed by atoms with Gasteiger partial charge in [0, 0.05) is 20.8 Å². The molecule has 158 valence electrons. The Morgan fingerprint density at radius 3 is 2.03 bits per heavy atom. The van der Waals surface area contributed by atoms with Gasteiger partial charge in [-0.1, -0.05) is 6.08 Å². The maximum absolute atomic E-state index is 12.5. The van der Waals surface area contributed by atoms with Crippen LogP contribution >= 0.6 is 0 Å². The lowest BCUT2D eigenvalue weighted by Gasteiger charge is -2.20. The van der Waals surface area contributed by atoms with Crippen LogP contribution in [0.4, 0.5) is 0 Å². The molecule has 1 aromatic rings. The molecule has 0 radical (unpaired) electrons. The average Bonchev–Trinajstić information content (AvgIpc) is 2.64. The van der Waals surface area contributed by atoms with E-state index in [1.807, 2.05) is 6.08 Å². The second kappa shape index (κ2) is 9.78. The molecule has 0 spiro atoms. The lowest BCUT2D eigenvalue weighted by atomic mass is 9.89. The quantitative estimate of drug-likeness (QED) is 0.380. The predicted octanol–water partition coefficient (Wildman–Crippen LogP) is 2.91. The monoisotopic (exact) mass is 414 g/mol. The van der Waals surface area contributed by atoms with Gasteiger partial charge in [0.25, 0.3) is 0 Å². The van der Waals surface area contributed by atoms with Crippen LogP contribution in [0.2, 0.25) is 0 Å². The van der Waals surface area contributed by atoms with Crippen LogP contribution in [0.5, 0.6) is 11.5 Å².